The van der Waals surface area contributed by atoms with E-state index in [2.05, 4.69) is 0 Å². The van der Waals surface area contributed by atoms with Gasteiger partial charge in [-0.2, -0.15) is 8.42 Å². The number of hydrogen-bond acceptors (Lipinski definition) is 3. The van der Waals surface area contributed by atoms with Crippen molar-refractivity contribution >= 4 is 10.1 Å². The lowest BCUT2D eigenvalue weighted by atomic mass is 9.88. The molecule has 2 unspecified atom stereocenters. The highest BCUT2D eigenvalue weighted by molar-refractivity contribution is 7.86. The first kappa shape index (κ1) is 10.6. The van der Waals surface area contributed by atoms with Gasteiger partial charge in [0.15, 0.2) is 0 Å². The van der Waals surface area contributed by atoms with Crippen LogP contribution in [0.4, 0.5) is 0 Å². The summed E-state index contributed by atoms with van der Waals surface area (Å²) in [5.41, 5.74) is 7.34. The van der Waals surface area contributed by atoms with Crippen molar-refractivity contribution < 1.29 is 13.0 Å². The first-order valence-corrected chi connectivity index (χ1v) is 6.31. The molecule has 1 aliphatic carbocycles. The Hall–Kier alpha value is -0.910. The summed E-state index contributed by atoms with van der Waals surface area (Å²) in [7, 11) is -4.02. The number of nitrogens with two attached hydrogens (primary N) is 1. The van der Waals surface area contributed by atoms with Crippen molar-refractivity contribution in [2.24, 2.45) is 5.73 Å². The Balaban J connectivity index is 2.54. The third-order valence-electron chi connectivity index (χ3n) is 2.84. The van der Waals surface area contributed by atoms with Gasteiger partial charge in [0.2, 0.25) is 0 Å². The van der Waals surface area contributed by atoms with Crippen LogP contribution in [0, 0.1) is 0 Å². The van der Waals surface area contributed by atoms with Gasteiger partial charge in [0.05, 0.1) is 0 Å². The second-order valence-electron chi connectivity index (χ2n) is 3.82. The van der Waals surface area contributed by atoms with Crippen LogP contribution in [-0.2, 0) is 10.1 Å². The molecule has 0 heterocycles. The first-order chi connectivity index (χ1) is 7.00. The third kappa shape index (κ3) is 1.90. The van der Waals surface area contributed by atoms with Crippen LogP contribution in [0.3, 0.4) is 0 Å². The average Bonchev–Trinajstić information content (AvgIpc) is 2.17. The van der Waals surface area contributed by atoms with Crippen molar-refractivity contribution in [2.75, 3.05) is 0 Å². The lowest BCUT2D eigenvalue weighted by Gasteiger charge is -2.27. The van der Waals surface area contributed by atoms with Crippen molar-refractivity contribution in [2.45, 2.75) is 24.1 Å². The lowest BCUT2D eigenvalue weighted by molar-refractivity contribution is 0.448. The number of rotatable bonds is 1. The first-order valence-electron chi connectivity index (χ1n) is 4.81. The molecule has 2 atom stereocenters. The predicted octanol–water partition coefficient (Wildman–Crippen LogP) is 1.41. The predicted molar refractivity (Wildman–Crippen MR) is 56.9 cm³/mol. The Labute approximate surface area is 88.9 Å². The molecule has 0 aromatic heterocycles. The van der Waals surface area contributed by atoms with E-state index < -0.39 is 15.4 Å². The van der Waals surface area contributed by atoms with E-state index in [-0.39, 0.29) is 6.04 Å². The molecule has 82 valence electrons. The molecule has 2 rings (SSSR count). The molecule has 0 saturated heterocycles. The summed E-state index contributed by atoms with van der Waals surface area (Å²) in [5.74, 6) is 0. The van der Waals surface area contributed by atoms with E-state index >= 15 is 0 Å². The number of benzene rings is 1. The molecule has 1 aromatic carbocycles. The van der Waals surface area contributed by atoms with Crippen molar-refractivity contribution in [3.63, 3.8) is 0 Å². The minimum atomic E-state index is -4.02. The van der Waals surface area contributed by atoms with Gasteiger partial charge in [0, 0.05) is 6.04 Å². The van der Waals surface area contributed by atoms with Crippen molar-refractivity contribution in [3.05, 3.63) is 35.4 Å². The summed E-state index contributed by atoms with van der Waals surface area (Å²) in [5, 5.41) is -0.812. The van der Waals surface area contributed by atoms with E-state index in [1.807, 2.05) is 12.1 Å². The van der Waals surface area contributed by atoms with E-state index in [0.29, 0.717) is 18.4 Å². The number of fused-ring (bicyclic) bond motifs is 1. The summed E-state index contributed by atoms with van der Waals surface area (Å²) in [6.07, 6.45) is 0.971. The van der Waals surface area contributed by atoms with Gasteiger partial charge in [-0.1, -0.05) is 24.3 Å². The highest BCUT2D eigenvalue weighted by Crippen LogP contribution is 2.38. The van der Waals surface area contributed by atoms with Gasteiger partial charge in [-0.05, 0) is 24.0 Å². The number of hydrogen-bond donors (Lipinski definition) is 2. The molecular formula is C10H13NO3S. The van der Waals surface area contributed by atoms with Crippen LogP contribution in [0.2, 0.25) is 0 Å². The standard InChI is InChI=1S/C10H13NO3S/c11-9-5-6-10(15(12,13)14)8-4-2-1-3-7(8)9/h1-4,9-10H,5-6,11H2,(H,12,13,14). The minimum Gasteiger partial charge on any atom is -0.324 e. The van der Waals surface area contributed by atoms with Gasteiger partial charge in [0.1, 0.15) is 5.25 Å². The van der Waals surface area contributed by atoms with Crippen LogP contribution in [0.15, 0.2) is 24.3 Å². The van der Waals surface area contributed by atoms with E-state index in [1.54, 1.807) is 12.1 Å². The highest BCUT2D eigenvalue weighted by atomic mass is 32.2. The average molecular weight is 227 g/mol. The largest absolute Gasteiger partial charge is 0.324 e. The molecule has 3 N–H and O–H groups in total. The van der Waals surface area contributed by atoms with Crippen LogP contribution in [0.5, 0.6) is 0 Å². The van der Waals surface area contributed by atoms with E-state index in [4.69, 9.17) is 10.3 Å². The maximum Gasteiger partial charge on any atom is 0.272 e. The molecule has 0 aliphatic heterocycles. The van der Waals surface area contributed by atoms with Crippen LogP contribution in [0.25, 0.3) is 0 Å². The van der Waals surface area contributed by atoms with Crippen LogP contribution in [-0.4, -0.2) is 13.0 Å². The highest BCUT2D eigenvalue weighted by Gasteiger charge is 2.32. The Morgan fingerprint density at radius 3 is 2.40 bits per heavy atom. The van der Waals surface area contributed by atoms with E-state index in [1.165, 1.54) is 0 Å². The lowest BCUT2D eigenvalue weighted by Crippen LogP contribution is -2.24. The van der Waals surface area contributed by atoms with Gasteiger partial charge >= 0.3 is 0 Å². The molecule has 5 heteroatoms. The van der Waals surface area contributed by atoms with Crippen LogP contribution >= 0.6 is 0 Å². The summed E-state index contributed by atoms with van der Waals surface area (Å²) >= 11 is 0. The zero-order valence-corrected chi connectivity index (χ0v) is 8.94. The van der Waals surface area contributed by atoms with Gasteiger partial charge in [-0.25, -0.2) is 0 Å². The topological polar surface area (TPSA) is 80.4 Å². The fraction of sp³-hybridized carbons (Fsp3) is 0.400. The van der Waals surface area contributed by atoms with Crippen LogP contribution < -0.4 is 5.73 Å². The van der Waals surface area contributed by atoms with Crippen molar-refractivity contribution in [1.29, 1.82) is 0 Å². The Bertz CT molecular complexity index is 469. The van der Waals surface area contributed by atoms with Crippen molar-refractivity contribution in [1.82, 2.24) is 0 Å². The van der Waals surface area contributed by atoms with Gasteiger partial charge in [-0.3, -0.25) is 4.55 Å². The Morgan fingerprint density at radius 1 is 1.20 bits per heavy atom. The van der Waals surface area contributed by atoms with Gasteiger partial charge in [-0.15, -0.1) is 0 Å². The third-order valence-corrected chi connectivity index (χ3v) is 4.05. The van der Waals surface area contributed by atoms with Gasteiger partial charge < -0.3 is 5.73 Å². The molecule has 0 amide bonds. The molecule has 0 fully saturated rings. The zero-order valence-electron chi connectivity index (χ0n) is 8.13. The minimum absolute atomic E-state index is 0.126. The summed E-state index contributed by atoms with van der Waals surface area (Å²) < 4.78 is 31.4. The monoisotopic (exact) mass is 227 g/mol. The maximum atomic E-state index is 11.2. The maximum absolute atomic E-state index is 11.2. The SMILES string of the molecule is NC1CCC(S(=O)(=O)O)c2ccccc21. The fourth-order valence-corrected chi connectivity index (χ4v) is 3.06. The molecule has 0 bridgehead atoms. The fourth-order valence-electron chi connectivity index (χ4n) is 2.09. The Morgan fingerprint density at radius 2 is 1.80 bits per heavy atom. The zero-order chi connectivity index (χ0) is 11.1. The summed E-state index contributed by atoms with van der Waals surface area (Å²) in [6.45, 7) is 0. The second kappa shape index (κ2) is 3.59. The summed E-state index contributed by atoms with van der Waals surface area (Å²) in [6, 6.07) is 6.99. The van der Waals surface area contributed by atoms with E-state index in [9.17, 15) is 8.42 Å². The van der Waals surface area contributed by atoms with E-state index in [0.717, 1.165) is 5.56 Å². The molecule has 0 radical (unpaired) electrons. The smallest absolute Gasteiger partial charge is 0.272 e. The molecule has 1 aliphatic rings. The van der Waals surface area contributed by atoms with Gasteiger partial charge in [0.25, 0.3) is 10.1 Å². The molecule has 0 saturated carbocycles. The molecular weight excluding hydrogens is 214 g/mol. The molecule has 0 spiro atoms. The van der Waals surface area contributed by atoms with Crippen LogP contribution in [0.1, 0.15) is 35.3 Å². The van der Waals surface area contributed by atoms with Crippen molar-refractivity contribution in [3.8, 4) is 0 Å². The normalized spacial score (nSPS) is 26.0. The quantitative estimate of drug-likeness (QED) is 0.711. The molecule has 1 aromatic rings. The Kier molecular flexibility index (Phi) is 2.54. The molecule has 4 nitrogen and oxygen atoms in total. The summed E-state index contributed by atoms with van der Waals surface area (Å²) in [4.78, 5) is 0. The molecule has 15 heavy (non-hydrogen) atoms. The second-order valence-corrected chi connectivity index (χ2v) is 5.42.